The van der Waals surface area contributed by atoms with Crippen LogP contribution in [0.5, 0.6) is 5.75 Å². The van der Waals surface area contributed by atoms with Crippen LogP contribution in [-0.4, -0.2) is 78.3 Å². The maximum Gasteiger partial charge on any atom is 0.306 e. The van der Waals surface area contributed by atoms with Gasteiger partial charge in [0.2, 0.25) is 5.95 Å². The van der Waals surface area contributed by atoms with Crippen LogP contribution in [0.4, 0.5) is 17.5 Å². The minimum atomic E-state index is -0.700. The molecule has 0 saturated carbocycles. The van der Waals surface area contributed by atoms with Gasteiger partial charge < -0.3 is 25.4 Å². The first-order chi connectivity index (χ1) is 18.0. The van der Waals surface area contributed by atoms with Gasteiger partial charge in [-0.3, -0.25) is 9.69 Å². The fraction of sp³-hybridized carbons (Fsp3) is 0.407. The van der Waals surface area contributed by atoms with Crippen LogP contribution in [0.2, 0.25) is 0 Å². The number of benzene rings is 1. The number of rotatable bonds is 11. The Morgan fingerprint density at radius 3 is 2.68 bits per heavy atom. The molecular formula is C27H35N7O3. The van der Waals surface area contributed by atoms with Gasteiger partial charge in [0.25, 0.3) is 0 Å². The minimum Gasteiger partial charge on any atom is -0.496 e. The Morgan fingerprint density at radius 2 is 2.00 bits per heavy atom. The van der Waals surface area contributed by atoms with Gasteiger partial charge in [-0.1, -0.05) is 0 Å². The van der Waals surface area contributed by atoms with Crippen LogP contribution in [0.15, 0.2) is 48.8 Å². The molecular weight excluding hydrogens is 470 g/mol. The zero-order valence-electron chi connectivity index (χ0n) is 21.6. The number of carboxylic acid groups (broad SMARTS) is 1. The molecule has 1 aromatic carbocycles. The van der Waals surface area contributed by atoms with E-state index in [4.69, 9.17) is 9.72 Å². The zero-order chi connectivity index (χ0) is 26.2. The molecule has 3 aromatic rings. The van der Waals surface area contributed by atoms with Gasteiger partial charge in [0, 0.05) is 55.9 Å². The van der Waals surface area contributed by atoms with E-state index in [-0.39, 0.29) is 5.92 Å². The number of anilines is 3. The Kier molecular flexibility index (Phi) is 8.86. The highest BCUT2D eigenvalue weighted by Crippen LogP contribution is 2.28. The number of hydrogen-bond acceptors (Lipinski definition) is 9. The molecule has 10 heteroatoms. The summed E-state index contributed by atoms with van der Waals surface area (Å²) in [6.45, 7) is 3.95. The minimum absolute atomic E-state index is 0.249. The molecule has 4 rings (SSSR count). The van der Waals surface area contributed by atoms with Crippen molar-refractivity contribution in [1.82, 2.24) is 25.2 Å². The molecule has 1 aliphatic rings. The van der Waals surface area contributed by atoms with Gasteiger partial charge in [-0.25, -0.2) is 15.0 Å². The summed E-state index contributed by atoms with van der Waals surface area (Å²) in [7, 11) is 5.62. The molecule has 3 heterocycles. The van der Waals surface area contributed by atoms with E-state index >= 15 is 0 Å². The van der Waals surface area contributed by atoms with Crippen molar-refractivity contribution in [1.29, 1.82) is 0 Å². The molecule has 0 aliphatic carbocycles. The highest BCUT2D eigenvalue weighted by atomic mass is 16.5. The first kappa shape index (κ1) is 26.3. The number of methoxy groups -OCH3 is 1. The van der Waals surface area contributed by atoms with Crippen molar-refractivity contribution in [3.63, 3.8) is 0 Å². The molecule has 196 valence electrons. The average molecular weight is 506 g/mol. The molecule has 0 amide bonds. The van der Waals surface area contributed by atoms with Crippen LogP contribution in [0.1, 0.15) is 18.4 Å². The van der Waals surface area contributed by atoms with Crippen LogP contribution in [0, 0.1) is 5.92 Å². The summed E-state index contributed by atoms with van der Waals surface area (Å²) in [5.74, 6) is 1.25. The van der Waals surface area contributed by atoms with E-state index in [9.17, 15) is 9.90 Å². The smallest absolute Gasteiger partial charge is 0.306 e. The molecule has 0 spiro atoms. The van der Waals surface area contributed by atoms with Crippen molar-refractivity contribution in [2.75, 3.05) is 57.6 Å². The van der Waals surface area contributed by atoms with E-state index in [2.05, 4.69) is 30.4 Å². The normalized spacial score (nSPS) is 14.4. The lowest BCUT2D eigenvalue weighted by Crippen LogP contribution is -2.35. The number of carboxylic acids is 1. The summed E-state index contributed by atoms with van der Waals surface area (Å²) in [6, 6.07) is 11.8. The lowest BCUT2D eigenvalue weighted by molar-refractivity contribution is -0.143. The summed E-state index contributed by atoms with van der Waals surface area (Å²) in [4.78, 5) is 29.3. The molecule has 0 atom stereocenters. The Hall–Kier alpha value is -3.76. The second-order valence-electron chi connectivity index (χ2n) is 9.24. The lowest BCUT2D eigenvalue weighted by Gasteiger charge is -2.30. The van der Waals surface area contributed by atoms with Gasteiger partial charge in [0.15, 0.2) is 0 Å². The van der Waals surface area contributed by atoms with Crippen LogP contribution in [0.3, 0.4) is 0 Å². The Morgan fingerprint density at radius 1 is 1.19 bits per heavy atom. The highest BCUT2D eigenvalue weighted by molar-refractivity contribution is 5.70. The van der Waals surface area contributed by atoms with E-state index in [1.807, 2.05) is 56.7 Å². The molecule has 0 unspecified atom stereocenters. The third-order valence-corrected chi connectivity index (χ3v) is 6.65. The van der Waals surface area contributed by atoms with Crippen molar-refractivity contribution in [2.24, 2.45) is 5.92 Å². The molecule has 10 nitrogen and oxygen atoms in total. The molecule has 1 saturated heterocycles. The van der Waals surface area contributed by atoms with E-state index in [1.54, 1.807) is 13.3 Å². The Balaban J connectivity index is 1.44. The molecule has 1 fully saturated rings. The summed E-state index contributed by atoms with van der Waals surface area (Å²) in [5, 5.41) is 15.7. The number of nitrogens with one attached hydrogen (secondary N) is 2. The number of likely N-dealkylation sites (N-methyl/N-ethyl adjacent to an activating group) is 2. The summed E-state index contributed by atoms with van der Waals surface area (Å²) in [5.41, 5.74) is 3.58. The maximum absolute atomic E-state index is 11.3. The van der Waals surface area contributed by atoms with Gasteiger partial charge in [-0.15, -0.1) is 0 Å². The summed E-state index contributed by atoms with van der Waals surface area (Å²) >= 11 is 0. The third kappa shape index (κ3) is 6.93. The molecule has 0 bridgehead atoms. The van der Waals surface area contributed by atoms with Crippen LogP contribution in [0.25, 0.3) is 11.3 Å². The number of aromatic nitrogens is 3. The number of nitrogens with zero attached hydrogens (tertiary/aromatic N) is 5. The topological polar surface area (TPSA) is 116 Å². The van der Waals surface area contributed by atoms with Gasteiger partial charge >= 0.3 is 5.97 Å². The first-order valence-electron chi connectivity index (χ1n) is 12.5. The number of piperidine rings is 1. The fourth-order valence-corrected chi connectivity index (χ4v) is 4.43. The second kappa shape index (κ2) is 12.5. The van der Waals surface area contributed by atoms with Crippen molar-refractivity contribution < 1.29 is 14.6 Å². The van der Waals surface area contributed by atoms with E-state index in [0.717, 1.165) is 60.3 Å². The number of aliphatic carboxylic acids is 1. The Bertz CT molecular complexity index is 1180. The Labute approximate surface area is 217 Å². The summed E-state index contributed by atoms with van der Waals surface area (Å²) in [6.07, 6.45) is 4.89. The predicted octanol–water partition coefficient (Wildman–Crippen LogP) is 3.24. The molecule has 3 N–H and O–H groups in total. The number of pyridine rings is 1. The predicted molar refractivity (Wildman–Crippen MR) is 144 cm³/mol. The van der Waals surface area contributed by atoms with Crippen molar-refractivity contribution in [3.8, 4) is 17.0 Å². The number of likely N-dealkylation sites (tertiary alicyclic amines) is 1. The van der Waals surface area contributed by atoms with E-state index in [0.29, 0.717) is 25.3 Å². The first-order valence-corrected chi connectivity index (χ1v) is 12.5. The van der Waals surface area contributed by atoms with E-state index in [1.165, 1.54) is 0 Å². The maximum atomic E-state index is 11.3. The molecule has 2 aromatic heterocycles. The van der Waals surface area contributed by atoms with Crippen LogP contribution in [-0.2, 0) is 11.3 Å². The van der Waals surface area contributed by atoms with Crippen LogP contribution >= 0.6 is 0 Å². The average Bonchev–Trinajstić information content (AvgIpc) is 2.92. The van der Waals surface area contributed by atoms with Crippen LogP contribution < -0.4 is 20.3 Å². The van der Waals surface area contributed by atoms with Gasteiger partial charge in [0.1, 0.15) is 11.6 Å². The monoisotopic (exact) mass is 505 g/mol. The number of carbonyl (C=O) groups is 1. The third-order valence-electron chi connectivity index (χ3n) is 6.65. The van der Waals surface area contributed by atoms with Crippen molar-refractivity contribution >= 4 is 23.4 Å². The van der Waals surface area contributed by atoms with Crippen molar-refractivity contribution in [2.45, 2.75) is 19.4 Å². The van der Waals surface area contributed by atoms with Crippen molar-refractivity contribution in [3.05, 3.63) is 54.4 Å². The van der Waals surface area contributed by atoms with Gasteiger partial charge in [0.05, 0.1) is 18.7 Å². The van der Waals surface area contributed by atoms with E-state index < -0.39 is 5.97 Å². The second-order valence-corrected chi connectivity index (χ2v) is 9.24. The largest absolute Gasteiger partial charge is 0.496 e. The number of hydrogen-bond donors (Lipinski definition) is 3. The molecule has 37 heavy (non-hydrogen) atoms. The summed E-state index contributed by atoms with van der Waals surface area (Å²) < 4.78 is 5.58. The quantitative estimate of drug-likeness (QED) is 0.359. The SMILES string of the molecule is CNCCN(C)c1ccc(-c2ccnc(Nc3ccc(OC)c(CN4CCC(C(=O)O)CC4)c3)n2)cn1. The standard InChI is InChI=1S/C27H35N7O3/c1-28-12-15-33(2)25-7-4-20(17-30-25)23-8-11-29-27(32-23)31-22-5-6-24(37-3)21(16-22)18-34-13-9-19(10-14-34)26(35)36/h4-8,11,16-17,19,28H,9-10,12-15,18H2,1-3H3,(H,35,36)(H,29,31,32). The lowest BCUT2D eigenvalue weighted by atomic mass is 9.96. The fourth-order valence-electron chi connectivity index (χ4n) is 4.43. The highest BCUT2D eigenvalue weighted by Gasteiger charge is 2.25. The number of ether oxygens (including phenoxy) is 1. The van der Waals surface area contributed by atoms with Gasteiger partial charge in [-0.05, 0) is 69.4 Å². The zero-order valence-corrected chi connectivity index (χ0v) is 21.6. The van der Waals surface area contributed by atoms with Gasteiger partial charge in [-0.2, -0.15) is 0 Å². The molecule has 0 radical (unpaired) electrons. The molecule has 1 aliphatic heterocycles.